The third-order valence-corrected chi connectivity index (χ3v) is 11.1. The van der Waals surface area contributed by atoms with E-state index in [9.17, 15) is 0 Å². The summed E-state index contributed by atoms with van der Waals surface area (Å²) in [5.41, 5.74) is 17.4. The van der Waals surface area contributed by atoms with Crippen molar-refractivity contribution in [2.45, 2.75) is 19.3 Å². The number of nitrogens with zero attached hydrogens (tertiary/aromatic N) is 1. The minimum atomic E-state index is -0.0875. The van der Waals surface area contributed by atoms with Crippen LogP contribution in [-0.4, -0.2) is 0 Å². The first kappa shape index (κ1) is 31.1. The molecule has 0 atom stereocenters. The highest BCUT2D eigenvalue weighted by Crippen LogP contribution is 2.54. The minimum Gasteiger partial charge on any atom is -0.455 e. The molecule has 1 aromatic heterocycles. The molecule has 8 aromatic carbocycles. The summed E-state index contributed by atoms with van der Waals surface area (Å²) in [6, 6.07) is 67.8. The predicted molar refractivity (Wildman–Crippen MR) is 222 cm³/mol. The third kappa shape index (κ3) is 5.02. The lowest BCUT2D eigenvalue weighted by atomic mass is 9.82. The molecule has 0 amide bonds. The Bertz CT molecular complexity index is 2810. The number of anilines is 3. The third-order valence-electron chi connectivity index (χ3n) is 11.1. The number of furan rings is 1. The summed E-state index contributed by atoms with van der Waals surface area (Å²) in [6.45, 7) is 4.70. The number of benzene rings is 8. The molecule has 0 N–H and O–H groups in total. The Hall–Kier alpha value is -6.64. The van der Waals surface area contributed by atoms with Crippen molar-refractivity contribution in [2.24, 2.45) is 0 Å². The maximum Gasteiger partial charge on any atom is 0.143 e. The van der Waals surface area contributed by atoms with Gasteiger partial charge in [0.25, 0.3) is 0 Å². The summed E-state index contributed by atoms with van der Waals surface area (Å²) in [6.07, 6.45) is 0. The standard InChI is InChI=1S/C51H37NO/c1-51(2)45-25-9-6-21-44(45)49-42(23-14-26-46(49)51)40-19-7-10-27-47(40)52(37-31-29-35(30-32-37)34-15-4-3-5-16-34)38-18-12-17-36(33-38)39-22-13-24-43-41-20-8-11-28-48(41)53-50(39)43/h3-33H,1-2H3. The van der Waals surface area contributed by atoms with Crippen LogP contribution in [0.4, 0.5) is 17.1 Å². The molecule has 1 aliphatic rings. The van der Waals surface area contributed by atoms with Crippen molar-refractivity contribution in [3.8, 4) is 44.5 Å². The monoisotopic (exact) mass is 679 g/mol. The number of fused-ring (bicyclic) bond motifs is 6. The van der Waals surface area contributed by atoms with Crippen LogP contribution in [0.25, 0.3) is 66.4 Å². The zero-order valence-electron chi connectivity index (χ0n) is 29.8. The summed E-state index contributed by atoms with van der Waals surface area (Å²) in [7, 11) is 0. The summed E-state index contributed by atoms with van der Waals surface area (Å²) in [4.78, 5) is 2.41. The predicted octanol–water partition coefficient (Wildman–Crippen LogP) is 14.4. The molecule has 2 heteroatoms. The van der Waals surface area contributed by atoms with E-state index in [4.69, 9.17) is 4.42 Å². The highest BCUT2D eigenvalue weighted by Gasteiger charge is 2.37. The molecule has 1 aliphatic carbocycles. The zero-order chi connectivity index (χ0) is 35.5. The second-order valence-corrected chi connectivity index (χ2v) is 14.5. The lowest BCUT2D eigenvalue weighted by molar-refractivity contribution is 0.660. The van der Waals surface area contributed by atoms with Crippen molar-refractivity contribution in [3.63, 3.8) is 0 Å². The second-order valence-electron chi connectivity index (χ2n) is 14.5. The normalized spacial score (nSPS) is 12.9. The van der Waals surface area contributed by atoms with Crippen molar-refractivity contribution in [1.29, 1.82) is 0 Å². The Labute approximate surface area is 310 Å². The molecule has 53 heavy (non-hydrogen) atoms. The number of para-hydroxylation sites is 3. The Morgan fingerprint density at radius 2 is 1.02 bits per heavy atom. The van der Waals surface area contributed by atoms with E-state index in [2.05, 4.69) is 195 Å². The van der Waals surface area contributed by atoms with Crippen molar-refractivity contribution in [3.05, 3.63) is 199 Å². The fraction of sp³-hybridized carbons (Fsp3) is 0.0588. The van der Waals surface area contributed by atoms with Gasteiger partial charge in [-0.25, -0.2) is 0 Å². The quantitative estimate of drug-likeness (QED) is 0.174. The van der Waals surface area contributed by atoms with E-state index in [1.54, 1.807) is 0 Å². The molecule has 10 rings (SSSR count). The van der Waals surface area contributed by atoms with E-state index < -0.39 is 0 Å². The van der Waals surface area contributed by atoms with Crippen LogP contribution in [0.3, 0.4) is 0 Å². The first-order valence-corrected chi connectivity index (χ1v) is 18.4. The Morgan fingerprint density at radius 3 is 1.89 bits per heavy atom. The lowest BCUT2D eigenvalue weighted by Gasteiger charge is -2.29. The van der Waals surface area contributed by atoms with Crippen LogP contribution < -0.4 is 4.90 Å². The molecule has 0 saturated carbocycles. The molecule has 0 unspecified atom stereocenters. The maximum absolute atomic E-state index is 6.51. The smallest absolute Gasteiger partial charge is 0.143 e. The van der Waals surface area contributed by atoms with Crippen LogP contribution >= 0.6 is 0 Å². The summed E-state index contributed by atoms with van der Waals surface area (Å²) in [5.74, 6) is 0. The topological polar surface area (TPSA) is 16.4 Å². The van der Waals surface area contributed by atoms with Gasteiger partial charge in [0.05, 0.1) is 5.69 Å². The number of hydrogen-bond acceptors (Lipinski definition) is 2. The van der Waals surface area contributed by atoms with E-state index >= 15 is 0 Å². The Balaban J connectivity index is 1.18. The fourth-order valence-electron chi connectivity index (χ4n) is 8.52. The molecule has 0 fully saturated rings. The lowest BCUT2D eigenvalue weighted by Crippen LogP contribution is -2.14. The molecule has 252 valence electrons. The van der Waals surface area contributed by atoms with Gasteiger partial charge < -0.3 is 9.32 Å². The van der Waals surface area contributed by atoms with Crippen LogP contribution in [0.1, 0.15) is 25.0 Å². The van der Waals surface area contributed by atoms with Crippen LogP contribution in [0, 0.1) is 0 Å². The highest BCUT2D eigenvalue weighted by atomic mass is 16.3. The van der Waals surface area contributed by atoms with Gasteiger partial charge in [-0.1, -0.05) is 166 Å². The summed E-state index contributed by atoms with van der Waals surface area (Å²) in [5, 5.41) is 2.26. The van der Waals surface area contributed by atoms with Crippen LogP contribution in [-0.2, 0) is 5.41 Å². The van der Waals surface area contributed by atoms with E-state index in [1.165, 1.54) is 44.5 Å². The van der Waals surface area contributed by atoms with Crippen molar-refractivity contribution >= 4 is 39.0 Å². The maximum atomic E-state index is 6.51. The molecule has 1 heterocycles. The van der Waals surface area contributed by atoms with Gasteiger partial charge in [0, 0.05) is 38.7 Å². The molecule has 2 nitrogen and oxygen atoms in total. The van der Waals surface area contributed by atoms with E-state index in [0.29, 0.717) is 0 Å². The molecular formula is C51H37NO. The SMILES string of the molecule is CC1(C)c2ccccc2-c2c(-c3ccccc3N(c3ccc(-c4ccccc4)cc3)c3cccc(-c4cccc5c4oc4ccccc45)c3)cccc21. The fourth-order valence-corrected chi connectivity index (χ4v) is 8.52. The number of hydrogen-bond donors (Lipinski definition) is 0. The van der Waals surface area contributed by atoms with Crippen molar-refractivity contribution in [1.82, 2.24) is 0 Å². The van der Waals surface area contributed by atoms with E-state index in [-0.39, 0.29) is 5.41 Å². The van der Waals surface area contributed by atoms with Gasteiger partial charge >= 0.3 is 0 Å². The molecule has 0 aliphatic heterocycles. The van der Waals surface area contributed by atoms with Crippen molar-refractivity contribution in [2.75, 3.05) is 4.90 Å². The van der Waals surface area contributed by atoms with Crippen LogP contribution in [0.2, 0.25) is 0 Å². The average Bonchev–Trinajstić information content (AvgIpc) is 3.71. The minimum absolute atomic E-state index is 0.0875. The Morgan fingerprint density at radius 1 is 0.415 bits per heavy atom. The molecule has 0 bridgehead atoms. The molecular weight excluding hydrogens is 643 g/mol. The molecule has 0 spiro atoms. The van der Waals surface area contributed by atoms with Gasteiger partial charge in [-0.3, -0.25) is 0 Å². The van der Waals surface area contributed by atoms with Gasteiger partial charge in [0.1, 0.15) is 11.2 Å². The van der Waals surface area contributed by atoms with Crippen LogP contribution in [0.15, 0.2) is 192 Å². The van der Waals surface area contributed by atoms with Crippen LogP contribution in [0.5, 0.6) is 0 Å². The number of rotatable bonds is 6. The largest absolute Gasteiger partial charge is 0.455 e. The van der Waals surface area contributed by atoms with Gasteiger partial charge in [0.2, 0.25) is 0 Å². The Kier molecular flexibility index (Phi) is 7.19. The molecule has 0 saturated heterocycles. The van der Waals surface area contributed by atoms with E-state index in [0.717, 1.165) is 50.1 Å². The zero-order valence-corrected chi connectivity index (χ0v) is 29.8. The highest BCUT2D eigenvalue weighted by molar-refractivity contribution is 6.09. The summed E-state index contributed by atoms with van der Waals surface area (Å²) >= 11 is 0. The van der Waals surface area contributed by atoms with E-state index in [1.807, 2.05) is 12.1 Å². The van der Waals surface area contributed by atoms with Crippen molar-refractivity contribution < 1.29 is 4.42 Å². The molecule has 0 radical (unpaired) electrons. The summed E-state index contributed by atoms with van der Waals surface area (Å²) < 4.78 is 6.51. The average molecular weight is 680 g/mol. The van der Waals surface area contributed by atoms with Gasteiger partial charge in [-0.15, -0.1) is 0 Å². The molecule has 9 aromatic rings. The first-order valence-electron chi connectivity index (χ1n) is 18.4. The second kappa shape index (κ2) is 12.3. The van der Waals surface area contributed by atoms with Gasteiger partial charge in [0.15, 0.2) is 0 Å². The first-order chi connectivity index (χ1) is 26.1. The van der Waals surface area contributed by atoms with Gasteiger partial charge in [-0.2, -0.15) is 0 Å². The van der Waals surface area contributed by atoms with Gasteiger partial charge in [-0.05, 0) is 80.9 Å².